The summed E-state index contributed by atoms with van der Waals surface area (Å²) in [6.07, 6.45) is 0. The molecule has 0 radical (unpaired) electrons. The third-order valence-corrected chi connectivity index (χ3v) is 3.77. The molecule has 0 aliphatic rings. The Kier molecular flexibility index (Phi) is 4.00. The summed E-state index contributed by atoms with van der Waals surface area (Å²) in [7, 11) is 1.46. The number of aromatic nitrogens is 1. The van der Waals surface area contributed by atoms with Gasteiger partial charge in [0, 0.05) is 10.0 Å². The Morgan fingerprint density at radius 2 is 1.86 bits per heavy atom. The molecule has 3 aromatic rings. The zero-order chi connectivity index (χ0) is 15.9. The predicted molar refractivity (Wildman–Crippen MR) is 87.3 cm³/mol. The van der Waals surface area contributed by atoms with Crippen LogP contribution < -0.4 is 10.4 Å². The van der Waals surface area contributed by atoms with Crippen LogP contribution in [0, 0.1) is 0 Å². The second-order valence-electron chi connectivity index (χ2n) is 4.44. The fourth-order valence-electron chi connectivity index (χ4n) is 2.09. The zero-order valence-corrected chi connectivity index (χ0v) is 13.5. The molecule has 0 spiro atoms. The number of rotatable bonds is 2. The van der Waals surface area contributed by atoms with Gasteiger partial charge in [-0.25, -0.2) is 9.78 Å². The first kappa shape index (κ1) is 15.2. The lowest BCUT2D eigenvalue weighted by Crippen LogP contribution is -2.03. The Balaban J connectivity index is 2.32. The van der Waals surface area contributed by atoms with Crippen LogP contribution in [-0.2, 0) is 0 Å². The van der Waals surface area contributed by atoms with E-state index in [0.717, 1.165) is 0 Å². The van der Waals surface area contributed by atoms with Crippen molar-refractivity contribution in [3.05, 3.63) is 55.8 Å². The molecule has 3 rings (SSSR count). The molecule has 0 amide bonds. The summed E-state index contributed by atoms with van der Waals surface area (Å²) in [6, 6.07) is 7.88. The maximum atomic E-state index is 12.1. The molecule has 0 bridgehead atoms. The van der Waals surface area contributed by atoms with E-state index in [-0.39, 0.29) is 5.89 Å². The van der Waals surface area contributed by atoms with Gasteiger partial charge < -0.3 is 9.15 Å². The molecule has 0 N–H and O–H groups in total. The van der Waals surface area contributed by atoms with Gasteiger partial charge in [0.05, 0.1) is 28.6 Å². The van der Waals surface area contributed by atoms with Crippen molar-refractivity contribution in [3.8, 4) is 17.2 Å². The molecule has 2 aromatic carbocycles. The van der Waals surface area contributed by atoms with Gasteiger partial charge in [0.2, 0.25) is 5.89 Å². The topological polar surface area (TPSA) is 52.3 Å². The first-order valence-electron chi connectivity index (χ1n) is 6.13. The minimum absolute atomic E-state index is 0.0704. The van der Waals surface area contributed by atoms with Crippen LogP contribution in [-0.4, -0.2) is 12.1 Å². The van der Waals surface area contributed by atoms with Crippen LogP contribution in [0.1, 0.15) is 0 Å². The van der Waals surface area contributed by atoms with Crippen LogP contribution in [0.2, 0.25) is 15.1 Å². The fraction of sp³-hybridized carbons (Fsp3) is 0.0667. The highest BCUT2D eigenvalue weighted by Gasteiger charge is 2.17. The quantitative estimate of drug-likeness (QED) is 0.660. The molecule has 0 unspecified atom stereocenters. The van der Waals surface area contributed by atoms with E-state index < -0.39 is 5.63 Å². The van der Waals surface area contributed by atoms with E-state index in [4.69, 9.17) is 44.0 Å². The fourth-order valence-corrected chi connectivity index (χ4v) is 2.83. The Bertz CT molecular complexity index is 937. The smallest absolute Gasteiger partial charge is 0.347 e. The van der Waals surface area contributed by atoms with Crippen LogP contribution in [0.3, 0.4) is 0 Å². The summed E-state index contributed by atoms with van der Waals surface area (Å²) >= 11 is 18.0. The van der Waals surface area contributed by atoms with Crippen molar-refractivity contribution in [1.82, 2.24) is 4.98 Å². The van der Waals surface area contributed by atoms with E-state index in [1.54, 1.807) is 18.2 Å². The molecule has 0 saturated heterocycles. The Hall–Kier alpha value is -1.75. The van der Waals surface area contributed by atoms with E-state index in [1.807, 2.05) is 0 Å². The third-order valence-electron chi connectivity index (χ3n) is 3.03. The number of halogens is 3. The highest BCUT2D eigenvalue weighted by Crippen LogP contribution is 2.38. The van der Waals surface area contributed by atoms with Crippen LogP contribution in [0.4, 0.5) is 0 Å². The Labute approximate surface area is 140 Å². The van der Waals surface area contributed by atoms with E-state index in [9.17, 15) is 4.79 Å². The normalized spacial score (nSPS) is 10.9. The van der Waals surface area contributed by atoms with Crippen molar-refractivity contribution in [2.24, 2.45) is 0 Å². The summed E-state index contributed by atoms with van der Waals surface area (Å²) < 4.78 is 10.5. The van der Waals surface area contributed by atoms with Crippen molar-refractivity contribution in [2.45, 2.75) is 0 Å². The van der Waals surface area contributed by atoms with Gasteiger partial charge in [-0.3, -0.25) is 0 Å². The number of benzene rings is 2. The van der Waals surface area contributed by atoms with Gasteiger partial charge in [0.1, 0.15) is 5.75 Å². The van der Waals surface area contributed by atoms with Crippen molar-refractivity contribution in [1.29, 1.82) is 0 Å². The zero-order valence-electron chi connectivity index (χ0n) is 11.2. The Morgan fingerprint density at radius 1 is 1.09 bits per heavy atom. The summed E-state index contributed by atoms with van der Waals surface area (Å²) in [5.74, 6) is 0.399. The number of hydrogen-bond donors (Lipinski definition) is 0. The molecule has 112 valence electrons. The van der Waals surface area contributed by atoms with Crippen LogP contribution >= 0.6 is 34.8 Å². The van der Waals surface area contributed by atoms with Gasteiger partial charge in [-0.1, -0.05) is 34.8 Å². The second-order valence-corrected chi connectivity index (χ2v) is 5.72. The van der Waals surface area contributed by atoms with Gasteiger partial charge in [0.15, 0.2) is 0 Å². The molecule has 1 aromatic heterocycles. The lowest BCUT2D eigenvalue weighted by molar-refractivity contribution is 0.413. The highest BCUT2D eigenvalue weighted by atomic mass is 35.5. The molecule has 7 heteroatoms. The second kappa shape index (κ2) is 5.80. The molecule has 0 aliphatic carbocycles. The first-order chi connectivity index (χ1) is 10.5. The predicted octanol–water partition coefficient (Wildman–Crippen LogP) is 4.82. The van der Waals surface area contributed by atoms with Crippen LogP contribution in [0.15, 0.2) is 39.5 Å². The number of fused-ring (bicyclic) bond motifs is 1. The molecule has 0 atom stereocenters. The number of nitrogens with zero attached hydrogens (tertiary/aromatic N) is 1. The monoisotopic (exact) mass is 355 g/mol. The molecule has 22 heavy (non-hydrogen) atoms. The molecule has 1 heterocycles. The molecular weight excluding hydrogens is 349 g/mol. The largest absolute Gasteiger partial charge is 0.494 e. The minimum Gasteiger partial charge on any atom is -0.494 e. The lowest BCUT2D eigenvalue weighted by Gasteiger charge is -2.10. The van der Waals surface area contributed by atoms with E-state index in [2.05, 4.69) is 4.98 Å². The maximum Gasteiger partial charge on any atom is 0.347 e. The van der Waals surface area contributed by atoms with Gasteiger partial charge in [-0.15, -0.1) is 0 Å². The summed E-state index contributed by atoms with van der Waals surface area (Å²) in [6.45, 7) is 0. The first-order valence-corrected chi connectivity index (χ1v) is 7.27. The Morgan fingerprint density at radius 3 is 2.59 bits per heavy atom. The van der Waals surface area contributed by atoms with Crippen molar-refractivity contribution in [3.63, 3.8) is 0 Å². The molecule has 0 saturated carbocycles. The van der Waals surface area contributed by atoms with Crippen molar-refractivity contribution >= 4 is 45.7 Å². The highest BCUT2D eigenvalue weighted by molar-refractivity contribution is 6.36. The number of hydrogen-bond acceptors (Lipinski definition) is 4. The summed E-state index contributed by atoms with van der Waals surface area (Å²) in [5.41, 5.74) is 0.295. The lowest BCUT2D eigenvalue weighted by atomic mass is 10.2. The average molecular weight is 357 g/mol. The van der Waals surface area contributed by atoms with Gasteiger partial charge in [-0.2, -0.15) is 0 Å². The van der Waals surface area contributed by atoms with E-state index in [0.29, 0.717) is 37.3 Å². The average Bonchev–Trinajstić information content (AvgIpc) is 2.47. The molecule has 4 nitrogen and oxygen atoms in total. The van der Waals surface area contributed by atoms with Crippen LogP contribution in [0.25, 0.3) is 22.4 Å². The molecule has 0 fully saturated rings. The van der Waals surface area contributed by atoms with Crippen LogP contribution in [0.5, 0.6) is 5.75 Å². The number of ether oxygens (including phenoxy) is 1. The van der Waals surface area contributed by atoms with Gasteiger partial charge >= 0.3 is 5.63 Å². The summed E-state index contributed by atoms with van der Waals surface area (Å²) in [4.78, 5) is 16.4. The minimum atomic E-state index is -0.555. The van der Waals surface area contributed by atoms with E-state index >= 15 is 0 Å². The molecule has 0 aliphatic heterocycles. The van der Waals surface area contributed by atoms with E-state index in [1.165, 1.54) is 19.2 Å². The van der Waals surface area contributed by atoms with Gasteiger partial charge in [-0.05, 0) is 30.3 Å². The van der Waals surface area contributed by atoms with Gasteiger partial charge in [0.25, 0.3) is 0 Å². The molecular formula is C15H8Cl3NO3. The van der Waals surface area contributed by atoms with Crippen molar-refractivity contribution in [2.75, 3.05) is 7.11 Å². The maximum absolute atomic E-state index is 12.1. The third kappa shape index (κ3) is 2.65. The number of methoxy groups -OCH3 is 1. The standard InChI is InChI=1S/C15H8Cl3NO3/c1-21-13-10(5-8(17)6-11(13)18)14-19-12-3-2-7(16)4-9(12)15(20)22-14/h2-6H,1H3. The van der Waals surface area contributed by atoms with Crippen molar-refractivity contribution < 1.29 is 9.15 Å². The SMILES string of the molecule is COc1c(Cl)cc(Cl)cc1-c1nc2ccc(Cl)cc2c(=O)o1. The summed E-state index contributed by atoms with van der Waals surface area (Å²) in [5, 5.41) is 1.40.